The molecule has 1 fully saturated rings. The number of hydrogen-bond acceptors (Lipinski definition) is 4. The summed E-state index contributed by atoms with van der Waals surface area (Å²) in [6.45, 7) is 2.49. The third-order valence-corrected chi connectivity index (χ3v) is 3.72. The normalized spacial score (nSPS) is 16.4. The molecule has 0 heterocycles. The van der Waals surface area contributed by atoms with E-state index >= 15 is 0 Å². The Hall–Kier alpha value is -2.08. The minimum atomic E-state index is -0.992. The fraction of sp³-hybridized carbons (Fsp3) is 0.529. The topological polar surface area (TPSA) is 84.9 Å². The van der Waals surface area contributed by atoms with Gasteiger partial charge in [-0.15, -0.1) is 0 Å². The number of ether oxygens (including phenoxy) is 2. The summed E-state index contributed by atoms with van der Waals surface area (Å²) in [5.41, 5.74) is -0.504. The Labute approximate surface area is 135 Å². The zero-order chi connectivity index (χ0) is 16.9. The van der Waals surface area contributed by atoms with E-state index in [1.165, 1.54) is 20.0 Å². The molecule has 0 aliphatic heterocycles. The summed E-state index contributed by atoms with van der Waals surface area (Å²) in [5.74, 6) is 0.0793. The number of carbonyl (C=O) groups is 2. The SMILES string of the molecule is COCC(C)(CC(=O)O)NC(=O)c1ccc(OCC2CC2)cc1. The van der Waals surface area contributed by atoms with Crippen molar-refractivity contribution in [3.8, 4) is 5.75 Å². The number of carboxylic acids is 1. The van der Waals surface area contributed by atoms with E-state index in [0.29, 0.717) is 11.5 Å². The molecule has 2 N–H and O–H groups in total. The van der Waals surface area contributed by atoms with Crippen LogP contribution in [-0.2, 0) is 9.53 Å². The molecule has 0 radical (unpaired) electrons. The lowest BCUT2D eigenvalue weighted by Gasteiger charge is -2.28. The maximum absolute atomic E-state index is 12.3. The molecule has 126 valence electrons. The molecule has 23 heavy (non-hydrogen) atoms. The van der Waals surface area contributed by atoms with Gasteiger partial charge >= 0.3 is 5.97 Å². The van der Waals surface area contributed by atoms with Gasteiger partial charge in [0.1, 0.15) is 5.75 Å². The summed E-state index contributed by atoms with van der Waals surface area (Å²) in [4.78, 5) is 23.3. The monoisotopic (exact) mass is 321 g/mol. The van der Waals surface area contributed by atoms with Crippen molar-refractivity contribution >= 4 is 11.9 Å². The van der Waals surface area contributed by atoms with Crippen molar-refractivity contribution < 1.29 is 24.2 Å². The highest BCUT2D eigenvalue weighted by Crippen LogP contribution is 2.29. The van der Waals surface area contributed by atoms with E-state index in [2.05, 4.69) is 5.32 Å². The summed E-state index contributed by atoms with van der Waals surface area (Å²) in [7, 11) is 1.47. The minimum Gasteiger partial charge on any atom is -0.493 e. The lowest BCUT2D eigenvalue weighted by molar-refractivity contribution is -0.139. The predicted octanol–water partition coefficient (Wildman–Crippen LogP) is 2.08. The maximum Gasteiger partial charge on any atom is 0.305 e. The number of methoxy groups -OCH3 is 1. The zero-order valence-electron chi connectivity index (χ0n) is 13.5. The van der Waals surface area contributed by atoms with Gasteiger partial charge in [0, 0.05) is 12.7 Å². The van der Waals surface area contributed by atoms with E-state index in [9.17, 15) is 9.59 Å². The minimum absolute atomic E-state index is 0.119. The molecule has 1 aromatic rings. The summed E-state index contributed by atoms with van der Waals surface area (Å²) in [6.07, 6.45) is 2.24. The molecule has 2 rings (SSSR count). The molecule has 0 spiro atoms. The Morgan fingerprint density at radius 1 is 1.30 bits per heavy atom. The standard InChI is InChI=1S/C17H23NO5/c1-17(11-22-2,9-15(19)20)18-16(21)13-5-7-14(8-6-13)23-10-12-3-4-12/h5-8,12H,3-4,9-11H2,1-2H3,(H,18,21)(H,19,20). The Kier molecular flexibility index (Phi) is 5.60. The molecule has 0 aromatic heterocycles. The quantitative estimate of drug-likeness (QED) is 0.727. The van der Waals surface area contributed by atoms with E-state index in [4.69, 9.17) is 14.6 Å². The molecule has 1 aromatic carbocycles. The van der Waals surface area contributed by atoms with E-state index in [0.717, 1.165) is 12.4 Å². The van der Waals surface area contributed by atoms with Crippen molar-refractivity contribution in [3.63, 3.8) is 0 Å². The highest BCUT2D eigenvalue weighted by Gasteiger charge is 2.30. The first-order valence-electron chi connectivity index (χ1n) is 7.68. The fourth-order valence-corrected chi connectivity index (χ4v) is 2.33. The van der Waals surface area contributed by atoms with Crippen LogP contribution in [0.15, 0.2) is 24.3 Å². The van der Waals surface area contributed by atoms with Crippen molar-refractivity contribution in [1.82, 2.24) is 5.32 Å². The van der Waals surface area contributed by atoms with Gasteiger partial charge in [0.2, 0.25) is 0 Å². The van der Waals surface area contributed by atoms with Crippen molar-refractivity contribution in [1.29, 1.82) is 0 Å². The van der Waals surface area contributed by atoms with E-state index < -0.39 is 11.5 Å². The number of carboxylic acid groups (broad SMARTS) is 1. The van der Waals surface area contributed by atoms with Crippen LogP contribution in [0.4, 0.5) is 0 Å². The average molecular weight is 321 g/mol. The maximum atomic E-state index is 12.3. The van der Waals surface area contributed by atoms with Crippen LogP contribution in [-0.4, -0.2) is 42.8 Å². The second-order valence-electron chi connectivity index (χ2n) is 6.30. The molecule has 1 atom stereocenters. The fourth-order valence-electron chi connectivity index (χ4n) is 2.33. The van der Waals surface area contributed by atoms with Gasteiger partial charge in [-0.05, 0) is 49.9 Å². The van der Waals surface area contributed by atoms with E-state index in [1.807, 2.05) is 0 Å². The van der Waals surface area contributed by atoms with Gasteiger partial charge < -0.3 is 19.9 Å². The summed E-state index contributed by atoms with van der Waals surface area (Å²) in [5, 5.41) is 11.7. The number of benzene rings is 1. The number of carbonyl (C=O) groups excluding carboxylic acids is 1. The summed E-state index contributed by atoms with van der Waals surface area (Å²) in [6, 6.07) is 6.85. The number of rotatable bonds is 9. The first-order chi connectivity index (χ1) is 10.9. The Bertz CT molecular complexity index is 553. The highest BCUT2D eigenvalue weighted by molar-refractivity contribution is 5.95. The first-order valence-corrected chi connectivity index (χ1v) is 7.68. The van der Waals surface area contributed by atoms with Crippen LogP contribution >= 0.6 is 0 Å². The van der Waals surface area contributed by atoms with Crippen molar-refractivity contribution in [2.45, 2.75) is 31.7 Å². The molecule has 1 aliphatic rings. The molecule has 1 aliphatic carbocycles. The van der Waals surface area contributed by atoms with Crippen LogP contribution in [0.1, 0.15) is 36.5 Å². The number of amides is 1. The second-order valence-corrected chi connectivity index (χ2v) is 6.30. The third-order valence-electron chi connectivity index (χ3n) is 3.72. The lowest BCUT2D eigenvalue weighted by Crippen LogP contribution is -2.50. The number of hydrogen-bond donors (Lipinski definition) is 2. The van der Waals surface area contributed by atoms with Crippen LogP contribution in [0.3, 0.4) is 0 Å². The summed E-state index contributed by atoms with van der Waals surface area (Å²) < 4.78 is 10.7. The molecule has 1 amide bonds. The van der Waals surface area contributed by atoms with Gasteiger partial charge in [0.15, 0.2) is 0 Å². The second kappa shape index (κ2) is 7.46. The Morgan fingerprint density at radius 3 is 2.48 bits per heavy atom. The van der Waals surface area contributed by atoms with Gasteiger partial charge in [-0.3, -0.25) is 9.59 Å². The first kappa shape index (κ1) is 17.3. The lowest BCUT2D eigenvalue weighted by atomic mass is 9.98. The molecule has 1 saturated carbocycles. The number of aliphatic carboxylic acids is 1. The van der Waals surface area contributed by atoms with Crippen molar-refractivity contribution in [2.24, 2.45) is 5.92 Å². The Balaban J connectivity index is 1.95. The van der Waals surface area contributed by atoms with Crippen molar-refractivity contribution in [3.05, 3.63) is 29.8 Å². The van der Waals surface area contributed by atoms with Crippen molar-refractivity contribution in [2.75, 3.05) is 20.3 Å². The van der Waals surface area contributed by atoms with Gasteiger partial charge in [-0.25, -0.2) is 0 Å². The third kappa shape index (κ3) is 5.56. The smallest absolute Gasteiger partial charge is 0.305 e. The summed E-state index contributed by atoms with van der Waals surface area (Å²) >= 11 is 0. The zero-order valence-corrected chi connectivity index (χ0v) is 13.5. The molecule has 6 heteroatoms. The van der Waals surface area contributed by atoms with Crippen LogP contribution < -0.4 is 10.1 Å². The van der Waals surface area contributed by atoms with Crippen LogP contribution in [0.25, 0.3) is 0 Å². The van der Waals surface area contributed by atoms with Gasteiger partial charge in [-0.2, -0.15) is 0 Å². The predicted molar refractivity (Wildman–Crippen MR) is 84.7 cm³/mol. The molecular formula is C17H23NO5. The highest BCUT2D eigenvalue weighted by atomic mass is 16.5. The van der Waals surface area contributed by atoms with Gasteiger partial charge in [-0.1, -0.05) is 0 Å². The molecular weight excluding hydrogens is 298 g/mol. The van der Waals surface area contributed by atoms with Crippen LogP contribution in [0.5, 0.6) is 5.75 Å². The molecule has 0 bridgehead atoms. The van der Waals surface area contributed by atoms with Gasteiger partial charge in [0.25, 0.3) is 5.91 Å². The van der Waals surface area contributed by atoms with E-state index in [-0.39, 0.29) is 18.9 Å². The van der Waals surface area contributed by atoms with Crippen LogP contribution in [0, 0.1) is 5.92 Å². The molecule has 6 nitrogen and oxygen atoms in total. The molecule has 1 unspecified atom stereocenters. The van der Waals surface area contributed by atoms with E-state index in [1.54, 1.807) is 31.2 Å². The van der Waals surface area contributed by atoms with Gasteiger partial charge in [0.05, 0.1) is 25.2 Å². The Morgan fingerprint density at radius 2 is 1.96 bits per heavy atom. The molecule has 0 saturated heterocycles. The number of nitrogens with one attached hydrogen (secondary N) is 1. The van der Waals surface area contributed by atoms with Crippen LogP contribution in [0.2, 0.25) is 0 Å². The largest absolute Gasteiger partial charge is 0.493 e. The average Bonchev–Trinajstić information content (AvgIpc) is 3.28.